The highest BCUT2D eigenvalue weighted by atomic mass is 35.5. The highest BCUT2D eigenvalue weighted by molar-refractivity contribution is 7.16. The van der Waals surface area contributed by atoms with Crippen molar-refractivity contribution in [1.29, 1.82) is 0 Å². The van der Waals surface area contributed by atoms with Crippen LogP contribution in [0.15, 0.2) is 52.6 Å². The summed E-state index contributed by atoms with van der Waals surface area (Å²) in [6, 6.07) is 8.78. The van der Waals surface area contributed by atoms with Gasteiger partial charge in [-0.05, 0) is 31.2 Å². The molecule has 2 heterocycles. The van der Waals surface area contributed by atoms with Crippen molar-refractivity contribution in [2.75, 3.05) is 11.9 Å². The third kappa shape index (κ3) is 4.48. The van der Waals surface area contributed by atoms with E-state index in [-0.39, 0.29) is 44.3 Å². The standard InChI is InChI=1S/C22H14ClFN4O6S/c1-2-34-22(31)18-13-10-35-20(25-19(29)12-9-11(23)7-8-15(12)28(32)33)17(13)21(30)27(26-18)16-6-4-3-5-14(16)24/h3-10H,2H2,1H3,(H,25,29). The van der Waals surface area contributed by atoms with Crippen LogP contribution in [0.25, 0.3) is 16.5 Å². The first-order chi connectivity index (χ1) is 16.7. The number of benzene rings is 2. The molecule has 0 aliphatic carbocycles. The van der Waals surface area contributed by atoms with Crippen molar-refractivity contribution in [2.24, 2.45) is 0 Å². The lowest BCUT2D eigenvalue weighted by Crippen LogP contribution is -2.26. The summed E-state index contributed by atoms with van der Waals surface area (Å²) in [5.74, 6) is -2.54. The van der Waals surface area contributed by atoms with Gasteiger partial charge in [-0.25, -0.2) is 9.18 Å². The third-order valence-corrected chi connectivity index (χ3v) is 5.96. The van der Waals surface area contributed by atoms with E-state index in [4.69, 9.17) is 16.3 Å². The zero-order valence-corrected chi connectivity index (χ0v) is 19.4. The molecule has 2 aromatic heterocycles. The average Bonchev–Trinajstić information content (AvgIpc) is 3.24. The van der Waals surface area contributed by atoms with Gasteiger partial charge in [0.1, 0.15) is 22.1 Å². The maximum Gasteiger partial charge on any atom is 0.359 e. The molecule has 0 atom stereocenters. The summed E-state index contributed by atoms with van der Waals surface area (Å²) >= 11 is 6.79. The molecule has 0 spiro atoms. The summed E-state index contributed by atoms with van der Waals surface area (Å²) in [7, 11) is 0. The van der Waals surface area contributed by atoms with Gasteiger partial charge in [0.05, 0.1) is 16.9 Å². The van der Waals surface area contributed by atoms with E-state index in [1.807, 2.05) is 0 Å². The van der Waals surface area contributed by atoms with Crippen molar-refractivity contribution in [3.8, 4) is 5.69 Å². The van der Waals surface area contributed by atoms with E-state index in [2.05, 4.69) is 10.4 Å². The number of carbonyl (C=O) groups is 2. The lowest BCUT2D eigenvalue weighted by atomic mass is 10.1. The Bertz CT molecular complexity index is 1570. The summed E-state index contributed by atoms with van der Waals surface area (Å²) in [5.41, 5.74) is -2.15. The summed E-state index contributed by atoms with van der Waals surface area (Å²) in [6.45, 7) is 1.60. The van der Waals surface area contributed by atoms with Gasteiger partial charge in [0, 0.05) is 21.9 Å². The maximum absolute atomic E-state index is 14.5. The van der Waals surface area contributed by atoms with Gasteiger partial charge >= 0.3 is 5.97 Å². The Labute approximate surface area is 204 Å². The number of carbonyl (C=O) groups excluding carboxylic acids is 2. The number of thiophene rings is 1. The minimum Gasteiger partial charge on any atom is -0.461 e. The molecule has 4 aromatic rings. The van der Waals surface area contributed by atoms with Crippen LogP contribution in [0.4, 0.5) is 15.1 Å². The highest BCUT2D eigenvalue weighted by Crippen LogP contribution is 2.32. The zero-order valence-electron chi connectivity index (χ0n) is 17.8. The van der Waals surface area contributed by atoms with Gasteiger partial charge in [0.25, 0.3) is 17.2 Å². The number of fused-ring (bicyclic) bond motifs is 1. The number of para-hydroxylation sites is 1. The number of nitrogens with one attached hydrogen (secondary N) is 1. The molecule has 1 N–H and O–H groups in total. The Hall–Kier alpha value is -4.16. The molecular formula is C22H14ClFN4O6S. The fourth-order valence-electron chi connectivity index (χ4n) is 3.30. The van der Waals surface area contributed by atoms with Gasteiger partial charge in [0.2, 0.25) is 0 Å². The first-order valence-corrected chi connectivity index (χ1v) is 11.2. The second-order valence-corrected chi connectivity index (χ2v) is 8.28. The number of ether oxygens (including phenoxy) is 1. The summed E-state index contributed by atoms with van der Waals surface area (Å²) < 4.78 is 20.2. The summed E-state index contributed by atoms with van der Waals surface area (Å²) in [4.78, 5) is 49.5. The molecule has 13 heteroatoms. The van der Waals surface area contributed by atoms with Gasteiger partial charge < -0.3 is 10.1 Å². The van der Waals surface area contributed by atoms with Gasteiger partial charge in [-0.1, -0.05) is 23.7 Å². The average molecular weight is 517 g/mol. The van der Waals surface area contributed by atoms with Gasteiger partial charge in [0.15, 0.2) is 5.69 Å². The van der Waals surface area contributed by atoms with Crippen LogP contribution in [0.3, 0.4) is 0 Å². The Morgan fingerprint density at radius 2 is 2.03 bits per heavy atom. The molecule has 1 amide bonds. The molecule has 0 unspecified atom stereocenters. The Morgan fingerprint density at radius 3 is 2.71 bits per heavy atom. The van der Waals surface area contributed by atoms with Crippen LogP contribution in [-0.4, -0.2) is 33.2 Å². The van der Waals surface area contributed by atoms with Crippen molar-refractivity contribution in [3.63, 3.8) is 0 Å². The molecule has 178 valence electrons. The zero-order chi connectivity index (χ0) is 25.3. The number of rotatable bonds is 6. The van der Waals surface area contributed by atoms with Crippen LogP contribution in [0.2, 0.25) is 5.02 Å². The molecule has 4 rings (SSSR count). The van der Waals surface area contributed by atoms with Crippen LogP contribution in [0.1, 0.15) is 27.8 Å². The molecule has 0 saturated carbocycles. The lowest BCUT2D eigenvalue weighted by Gasteiger charge is -2.10. The molecule has 0 fully saturated rings. The van der Waals surface area contributed by atoms with Crippen LogP contribution in [-0.2, 0) is 4.74 Å². The maximum atomic E-state index is 14.5. The van der Waals surface area contributed by atoms with E-state index in [0.717, 1.165) is 29.5 Å². The van der Waals surface area contributed by atoms with Crippen molar-refractivity contribution in [1.82, 2.24) is 9.78 Å². The van der Waals surface area contributed by atoms with Crippen molar-refractivity contribution in [2.45, 2.75) is 6.92 Å². The van der Waals surface area contributed by atoms with Gasteiger partial charge in [-0.3, -0.25) is 19.7 Å². The number of hydrogen-bond acceptors (Lipinski definition) is 8. The molecular weight excluding hydrogens is 503 g/mol. The largest absolute Gasteiger partial charge is 0.461 e. The Kier molecular flexibility index (Phi) is 6.58. The van der Waals surface area contributed by atoms with Crippen molar-refractivity contribution < 1.29 is 23.6 Å². The fourth-order valence-corrected chi connectivity index (χ4v) is 4.40. The molecule has 10 nitrogen and oxygen atoms in total. The van der Waals surface area contributed by atoms with E-state index in [9.17, 15) is 28.9 Å². The first kappa shape index (κ1) is 24.0. The highest BCUT2D eigenvalue weighted by Gasteiger charge is 2.26. The Balaban J connectivity index is 1.91. The molecule has 0 aliphatic heterocycles. The summed E-state index contributed by atoms with van der Waals surface area (Å²) in [6.07, 6.45) is 0. The minimum atomic E-state index is -0.908. The molecule has 35 heavy (non-hydrogen) atoms. The number of hydrogen-bond donors (Lipinski definition) is 1. The normalized spacial score (nSPS) is 10.8. The number of nitro groups is 1. The van der Waals surface area contributed by atoms with E-state index >= 15 is 0 Å². The molecule has 0 bridgehead atoms. The number of amides is 1. The van der Waals surface area contributed by atoms with E-state index in [1.165, 1.54) is 29.6 Å². The smallest absolute Gasteiger partial charge is 0.359 e. The number of nitro benzene ring substituents is 1. The SMILES string of the molecule is CCOC(=O)c1nn(-c2ccccc2F)c(=O)c2c(NC(=O)c3cc(Cl)ccc3[N+](=O)[O-])scc12. The number of esters is 1. The van der Waals surface area contributed by atoms with E-state index in [0.29, 0.717) is 4.68 Å². The second-order valence-electron chi connectivity index (χ2n) is 6.96. The number of aromatic nitrogens is 2. The molecule has 0 aliphatic rings. The van der Waals surface area contributed by atoms with Crippen LogP contribution in [0, 0.1) is 15.9 Å². The van der Waals surface area contributed by atoms with Crippen LogP contribution in [0.5, 0.6) is 0 Å². The van der Waals surface area contributed by atoms with Crippen molar-refractivity contribution in [3.05, 3.63) is 90.4 Å². The molecule has 2 aromatic carbocycles. The fraction of sp³-hybridized carbons (Fsp3) is 0.0909. The van der Waals surface area contributed by atoms with Gasteiger partial charge in [-0.2, -0.15) is 9.78 Å². The predicted molar refractivity (Wildman–Crippen MR) is 127 cm³/mol. The topological polar surface area (TPSA) is 133 Å². The number of nitrogens with zero attached hydrogens (tertiary/aromatic N) is 3. The van der Waals surface area contributed by atoms with Gasteiger partial charge in [-0.15, -0.1) is 11.3 Å². The van der Waals surface area contributed by atoms with E-state index in [1.54, 1.807) is 6.92 Å². The Morgan fingerprint density at radius 1 is 1.29 bits per heavy atom. The lowest BCUT2D eigenvalue weighted by molar-refractivity contribution is -0.385. The first-order valence-electron chi connectivity index (χ1n) is 9.94. The van der Waals surface area contributed by atoms with Crippen molar-refractivity contribution >= 4 is 56.3 Å². The third-order valence-electron chi connectivity index (χ3n) is 4.83. The quantitative estimate of drug-likeness (QED) is 0.225. The number of halogens is 2. The minimum absolute atomic E-state index is 0.0208. The monoisotopic (exact) mass is 516 g/mol. The van der Waals surface area contributed by atoms with Crippen LogP contribution >= 0.6 is 22.9 Å². The number of anilines is 1. The predicted octanol–water partition coefficient (Wildman–Crippen LogP) is 4.58. The van der Waals surface area contributed by atoms with E-state index < -0.39 is 33.9 Å². The molecule has 0 saturated heterocycles. The molecule has 0 radical (unpaired) electrons. The second kappa shape index (κ2) is 9.60. The summed E-state index contributed by atoms with van der Waals surface area (Å²) in [5, 5.41) is 19.2. The van der Waals surface area contributed by atoms with Crippen LogP contribution < -0.4 is 10.9 Å².